The third-order valence-corrected chi connectivity index (χ3v) is 2.34. The van der Waals surface area contributed by atoms with Crippen LogP contribution in [0.25, 0.3) is 0 Å². The van der Waals surface area contributed by atoms with Crippen molar-refractivity contribution in [3.05, 3.63) is 22.7 Å². The largest absolute Gasteiger partial charge is 0.497 e. The Morgan fingerprint density at radius 2 is 2.24 bits per heavy atom. The number of ether oxygens (including phenoxy) is 2. The molecule has 1 amide bonds. The highest BCUT2D eigenvalue weighted by molar-refractivity contribution is 9.10. The zero-order chi connectivity index (χ0) is 12.7. The average molecular weight is 303 g/mol. The summed E-state index contributed by atoms with van der Waals surface area (Å²) in [4.78, 5) is 11.5. The number of hydrogen-bond acceptors (Lipinski definition) is 4. The van der Waals surface area contributed by atoms with Gasteiger partial charge in [0.15, 0.2) is 0 Å². The number of rotatable bonds is 6. The first-order chi connectivity index (χ1) is 8.15. The summed E-state index contributed by atoms with van der Waals surface area (Å²) in [5.74, 6) is 0.441. The zero-order valence-corrected chi connectivity index (χ0v) is 11.1. The minimum Gasteiger partial charge on any atom is -0.497 e. The topological polar surface area (TPSA) is 73.6 Å². The van der Waals surface area contributed by atoms with E-state index in [2.05, 4.69) is 21.2 Å². The van der Waals surface area contributed by atoms with E-state index < -0.39 is 0 Å². The lowest BCUT2D eigenvalue weighted by Gasteiger charge is -2.08. The normalized spacial score (nSPS) is 10.1. The number of halogens is 1. The van der Waals surface area contributed by atoms with Crippen LogP contribution < -0.4 is 15.8 Å². The van der Waals surface area contributed by atoms with E-state index in [-0.39, 0.29) is 12.5 Å². The predicted octanol–water partition coefficient (Wildman–Crippen LogP) is 1.37. The molecule has 0 aliphatic carbocycles. The number of nitrogens with one attached hydrogen (secondary N) is 1. The van der Waals surface area contributed by atoms with Gasteiger partial charge in [-0.3, -0.25) is 4.79 Å². The van der Waals surface area contributed by atoms with Gasteiger partial charge in [0.1, 0.15) is 12.4 Å². The van der Waals surface area contributed by atoms with Crippen LogP contribution in [-0.4, -0.2) is 32.8 Å². The van der Waals surface area contributed by atoms with Gasteiger partial charge in [-0.1, -0.05) is 15.9 Å². The van der Waals surface area contributed by atoms with Crippen molar-refractivity contribution < 1.29 is 14.3 Å². The van der Waals surface area contributed by atoms with Crippen molar-refractivity contribution in [2.75, 3.05) is 32.2 Å². The van der Waals surface area contributed by atoms with Crippen molar-refractivity contribution in [1.82, 2.24) is 0 Å². The molecule has 0 saturated carbocycles. The summed E-state index contributed by atoms with van der Waals surface area (Å²) in [6, 6.07) is 5.32. The monoisotopic (exact) mass is 302 g/mol. The summed E-state index contributed by atoms with van der Waals surface area (Å²) in [6.07, 6.45) is 0. The molecule has 0 aromatic heterocycles. The van der Waals surface area contributed by atoms with Gasteiger partial charge in [-0.05, 0) is 12.1 Å². The van der Waals surface area contributed by atoms with E-state index in [0.29, 0.717) is 24.6 Å². The van der Waals surface area contributed by atoms with Crippen molar-refractivity contribution in [3.8, 4) is 5.75 Å². The van der Waals surface area contributed by atoms with Gasteiger partial charge in [0.05, 0.1) is 13.7 Å². The second-order valence-electron chi connectivity index (χ2n) is 3.27. The van der Waals surface area contributed by atoms with Gasteiger partial charge in [0.2, 0.25) is 5.91 Å². The third kappa shape index (κ3) is 5.16. The molecular formula is C11H15BrN2O3. The maximum absolute atomic E-state index is 11.5. The summed E-state index contributed by atoms with van der Waals surface area (Å²) < 4.78 is 10.9. The lowest BCUT2D eigenvalue weighted by molar-refractivity contribution is -0.120. The molecule has 0 bridgehead atoms. The molecule has 0 aliphatic heterocycles. The fraction of sp³-hybridized carbons (Fsp3) is 0.364. The molecule has 1 rings (SSSR count). The van der Waals surface area contributed by atoms with Crippen molar-refractivity contribution in [3.63, 3.8) is 0 Å². The Morgan fingerprint density at radius 1 is 1.47 bits per heavy atom. The number of anilines is 1. The molecule has 6 heteroatoms. The third-order valence-electron chi connectivity index (χ3n) is 1.89. The molecule has 0 fully saturated rings. The maximum Gasteiger partial charge on any atom is 0.250 e. The first-order valence-corrected chi connectivity index (χ1v) is 5.87. The van der Waals surface area contributed by atoms with Gasteiger partial charge < -0.3 is 20.5 Å². The van der Waals surface area contributed by atoms with E-state index in [1.165, 1.54) is 0 Å². The van der Waals surface area contributed by atoms with Crippen LogP contribution in [0.1, 0.15) is 0 Å². The molecule has 94 valence electrons. The summed E-state index contributed by atoms with van der Waals surface area (Å²) in [7, 11) is 1.57. The van der Waals surface area contributed by atoms with Crippen LogP contribution in [0.15, 0.2) is 22.7 Å². The number of carbonyl (C=O) groups is 1. The zero-order valence-electron chi connectivity index (χ0n) is 9.53. The first-order valence-electron chi connectivity index (χ1n) is 5.08. The van der Waals surface area contributed by atoms with Crippen LogP contribution in [0.3, 0.4) is 0 Å². The standard InChI is InChI=1S/C11H15BrN2O3/c1-16-10-5-8(12)4-9(6-10)14-11(15)7-17-3-2-13/h4-6H,2-3,7,13H2,1H3,(H,14,15). The van der Waals surface area contributed by atoms with Gasteiger partial charge in [-0.15, -0.1) is 0 Å². The minimum absolute atomic E-state index is 0.00791. The van der Waals surface area contributed by atoms with E-state index in [9.17, 15) is 4.79 Å². The maximum atomic E-state index is 11.5. The van der Waals surface area contributed by atoms with Gasteiger partial charge in [0, 0.05) is 22.8 Å². The quantitative estimate of drug-likeness (QED) is 0.779. The predicted molar refractivity (Wildman–Crippen MR) is 69.2 cm³/mol. The van der Waals surface area contributed by atoms with Crippen LogP contribution in [0.4, 0.5) is 5.69 Å². The van der Waals surface area contributed by atoms with Crippen LogP contribution in [0, 0.1) is 0 Å². The highest BCUT2D eigenvalue weighted by atomic mass is 79.9. The molecular weight excluding hydrogens is 288 g/mol. The molecule has 3 N–H and O–H groups in total. The molecule has 0 unspecified atom stereocenters. The lowest BCUT2D eigenvalue weighted by atomic mass is 10.3. The summed E-state index contributed by atoms with van der Waals surface area (Å²) in [6.45, 7) is 0.763. The molecule has 5 nitrogen and oxygen atoms in total. The number of carbonyl (C=O) groups excluding carboxylic acids is 1. The van der Waals surface area contributed by atoms with E-state index >= 15 is 0 Å². The van der Waals surface area contributed by atoms with Crippen LogP contribution in [0.2, 0.25) is 0 Å². The van der Waals surface area contributed by atoms with E-state index in [0.717, 1.165) is 4.47 Å². The molecule has 17 heavy (non-hydrogen) atoms. The summed E-state index contributed by atoms with van der Waals surface area (Å²) >= 11 is 3.33. The van der Waals surface area contributed by atoms with Crippen molar-refractivity contribution in [1.29, 1.82) is 0 Å². The van der Waals surface area contributed by atoms with Crippen molar-refractivity contribution in [2.24, 2.45) is 5.73 Å². The molecule has 0 spiro atoms. The molecule has 0 radical (unpaired) electrons. The fourth-order valence-electron chi connectivity index (χ4n) is 1.20. The van der Waals surface area contributed by atoms with Crippen LogP contribution in [0.5, 0.6) is 5.75 Å². The Labute approximate surface area is 108 Å². The number of nitrogens with two attached hydrogens (primary N) is 1. The Bertz CT molecular complexity index is 385. The second-order valence-corrected chi connectivity index (χ2v) is 4.18. The molecule has 0 saturated heterocycles. The van der Waals surface area contributed by atoms with Gasteiger partial charge in [-0.25, -0.2) is 0 Å². The van der Waals surface area contributed by atoms with Crippen LogP contribution >= 0.6 is 15.9 Å². The second kappa shape index (κ2) is 7.26. The van der Waals surface area contributed by atoms with Gasteiger partial charge >= 0.3 is 0 Å². The highest BCUT2D eigenvalue weighted by Crippen LogP contribution is 2.24. The number of amides is 1. The molecule has 0 atom stereocenters. The Kier molecular flexibility index (Phi) is 5.96. The van der Waals surface area contributed by atoms with Crippen molar-refractivity contribution >= 4 is 27.5 Å². The minimum atomic E-state index is -0.224. The van der Waals surface area contributed by atoms with Gasteiger partial charge in [0.25, 0.3) is 0 Å². The number of benzene rings is 1. The smallest absolute Gasteiger partial charge is 0.250 e. The Hall–Kier alpha value is -1.11. The Balaban J connectivity index is 2.55. The molecule has 1 aromatic rings. The Morgan fingerprint density at radius 3 is 2.88 bits per heavy atom. The number of methoxy groups -OCH3 is 1. The SMILES string of the molecule is COc1cc(Br)cc(NC(=O)COCCN)c1. The van der Waals surface area contributed by atoms with E-state index in [1.54, 1.807) is 25.3 Å². The molecule has 0 heterocycles. The molecule has 0 aliphatic rings. The molecule has 1 aromatic carbocycles. The highest BCUT2D eigenvalue weighted by Gasteiger charge is 2.04. The van der Waals surface area contributed by atoms with Crippen LogP contribution in [-0.2, 0) is 9.53 Å². The average Bonchev–Trinajstić information content (AvgIpc) is 2.28. The van der Waals surface area contributed by atoms with Crippen molar-refractivity contribution in [2.45, 2.75) is 0 Å². The van der Waals surface area contributed by atoms with Gasteiger partial charge in [-0.2, -0.15) is 0 Å². The van der Waals surface area contributed by atoms with E-state index in [1.807, 2.05) is 0 Å². The summed E-state index contributed by atoms with van der Waals surface area (Å²) in [5.41, 5.74) is 5.90. The first kappa shape index (κ1) is 14.0. The number of hydrogen-bond donors (Lipinski definition) is 2. The fourth-order valence-corrected chi connectivity index (χ4v) is 1.67. The summed E-state index contributed by atoms with van der Waals surface area (Å²) in [5, 5.41) is 2.70. The van der Waals surface area contributed by atoms with E-state index in [4.69, 9.17) is 15.2 Å². The lowest BCUT2D eigenvalue weighted by Crippen LogP contribution is -2.20.